The lowest BCUT2D eigenvalue weighted by Crippen LogP contribution is -2.46. The summed E-state index contributed by atoms with van der Waals surface area (Å²) in [6.45, 7) is 5.42. The molecular formula is C40H48N4O6. The highest BCUT2D eigenvalue weighted by Crippen LogP contribution is 2.21. The van der Waals surface area contributed by atoms with Crippen molar-refractivity contribution in [1.29, 1.82) is 0 Å². The molecule has 2 atom stereocenters. The molecule has 0 saturated carbocycles. The number of carbonyl (C=O) groups excluding carboxylic acids is 3. The number of primary amides is 1. The van der Waals surface area contributed by atoms with Crippen molar-refractivity contribution in [3.63, 3.8) is 0 Å². The van der Waals surface area contributed by atoms with Gasteiger partial charge in [-0.25, -0.2) is 0 Å². The van der Waals surface area contributed by atoms with Gasteiger partial charge in [0.2, 0.25) is 5.91 Å². The van der Waals surface area contributed by atoms with Crippen LogP contribution in [0.25, 0.3) is 0 Å². The van der Waals surface area contributed by atoms with Gasteiger partial charge in [0.25, 0.3) is 11.8 Å². The van der Waals surface area contributed by atoms with Crippen molar-refractivity contribution in [2.75, 3.05) is 26.7 Å². The molecule has 0 aromatic heterocycles. The van der Waals surface area contributed by atoms with E-state index >= 15 is 0 Å². The molecule has 0 aliphatic carbocycles. The summed E-state index contributed by atoms with van der Waals surface area (Å²) in [5.41, 5.74) is 15.2. The van der Waals surface area contributed by atoms with Crippen LogP contribution >= 0.6 is 0 Å². The van der Waals surface area contributed by atoms with E-state index in [9.17, 15) is 19.5 Å². The quantitative estimate of drug-likeness (QED) is 0.131. The van der Waals surface area contributed by atoms with Gasteiger partial charge in [0.15, 0.2) is 0 Å². The number of carbonyl (C=O) groups is 3. The SMILES string of the molecule is CCCN(CCC)C(=O)c1cc(C(N)=O)cc(C(=O)N(Cc2cccc(OC)c2)C[C@@H](O)[C@@H](N)Cc2cccc(OCc3ccccc3)c2)c1. The molecule has 4 aromatic rings. The topological polar surface area (TPSA) is 148 Å². The van der Waals surface area contributed by atoms with Crippen LogP contribution in [0.2, 0.25) is 0 Å². The summed E-state index contributed by atoms with van der Waals surface area (Å²) < 4.78 is 11.4. The number of rotatable bonds is 18. The van der Waals surface area contributed by atoms with E-state index in [1.165, 1.54) is 23.1 Å². The fraction of sp³-hybridized carbons (Fsp3) is 0.325. The Hall–Kier alpha value is -5.19. The smallest absolute Gasteiger partial charge is 0.254 e. The highest BCUT2D eigenvalue weighted by atomic mass is 16.5. The summed E-state index contributed by atoms with van der Waals surface area (Å²) in [5.74, 6) is -0.258. The molecule has 3 amide bonds. The van der Waals surface area contributed by atoms with Crippen LogP contribution in [0.3, 0.4) is 0 Å². The first-order chi connectivity index (χ1) is 24.1. The zero-order valence-corrected chi connectivity index (χ0v) is 29.1. The van der Waals surface area contributed by atoms with Gasteiger partial charge in [-0.1, -0.05) is 68.4 Å². The van der Waals surface area contributed by atoms with Crippen molar-refractivity contribution >= 4 is 17.7 Å². The summed E-state index contributed by atoms with van der Waals surface area (Å²) in [6, 6.07) is 28.2. The Morgan fingerprint density at radius 2 is 1.28 bits per heavy atom. The summed E-state index contributed by atoms with van der Waals surface area (Å²) in [5, 5.41) is 11.4. The lowest BCUT2D eigenvalue weighted by Gasteiger charge is -2.29. The average molecular weight is 681 g/mol. The van der Waals surface area contributed by atoms with Crippen LogP contribution in [-0.2, 0) is 19.6 Å². The summed E-state index contributed by atoms with van der Waals surface area (Å²) in [6.07, 6.45) is 0.712. The molecule has 0 spiro atoms. The second kappa shape index (κ2) is 18.5. The van der Waals surface area contributed by atoms with Crippen molar-refractivity contribution in [3.05, 3.63) is 130 Å². The highest BCUT2D eigenvalue weighted by Gasteiger charge is 2.26. The predicted molar refractivity (Wildman–Crippen MR) is 194 cm³/mol. The number of methoxy groups -OCH3 is 1. The molecule has 0 unspecified atom stereocenters. The molecule has 4 aromatic carbocycles. The predicted octanol–water partition coefficient (Wildman–Crippen LogP) is 5.21. The third-order valence-corrected chi connectivity index (χ3v) is 8.30. The van der Waals surface area contributed by atoms with Gasteiger partial charge >= 0.3 is 0 Å². The Kier molecular flexibility index (Phi) is 14.0. The summed E-state index contributed by atoms with van der Waals surface area (Å²) >= 11 is 0. The van der Waals surface area contributed by atoms with Gasteiger partial charge < -0.3 is 35.8 Å². The zero-order chi connectivity index (χ0) is 36.0. The van der Waals surface area contributed by atoms with Crippen LogP contribution in [0, 0.1) is 0 Å². The fourth-order valence-electron chi connectivity index (χ4n) is 5.72. The second-order valence-corrected chi connectivity index (χ2v) is 12.3. The molecule has 5 N–H and O–H groups in total. The number of aliphatic hydroxyl groups excluding tert-OH is 1. The fourth-order valence-corrected chi connectivity index (χ4v) is 5.72. The maximum Gasteiger partial charge on any atom is 0.254 e. The number of ether oxygens (including phenoxy) is 2. The summed E-state index contributed by atoms with van der Waals surface area (Å²) in [4.78, 5) is 43.4. The van der Waals surface area contributed by atoms with Crippen LogP contribution in [0.15, 0.2) is 97.1 Å². The maximum atomic E-state index is 14.3. The number of nitrogens with two attached hydrogens (primary N) is 2. The van der Waals surface area contributed by atoms with Gasteiger partial charge in [-0.3, -0.25) is 14.4 Å². The molecule has 264 valence electrons. The third-order valence-electron chi connectivity index (χ3n) is 8.30. The molecule has 10 heteroatoms. The number of hydrogen-bond donors (Lipinski definition) is 3. The van der Waals surface area contributed by atoms with Gasteiger partial charge in [-0.2, -0.15) is 0 Å². The number of aliphatic hydroxyl groups is 1. The lowest BCUT2D eigenvalue weighted by atomic mass is 10.00. The molecule has 4 rings (SSSR count). The molecule has 0 aliphatic heterocycles. The Morgan fingerprint density at radius 3 is 1.90 bits per heavy atom. The van der Waals surface area contributed by atoms with Crippen LogP contribution in [-0.4, -0.2) is 71.5 Å². The van der Waals surface area contributed by atoms with Crippen LogP contribution < -0.4 is 20.9 Å². The number of benzene rings is 4. The third kappa shape index (κ3) is 10.7. The van der Waals surface area contributed by atoms with Gasteiger partial charge in [0.05, 0.1) is 13.2 Å². The minimum Gasteiger partial charge on any atom is -0.497 e. The first-order valence-corrected chi connectivity index (χ1v) is 17.0. The molecule has 0 radical (unpaired) electrons. The lowest BCUT2D eigenvalue weighted by molar-refractivity contribution is 0.0554. The van der Waals surface area contributed by atoms with Crippen LogP contribution in [0.5, 0.6) is 11.5 Å². The Morgan fingerprint density at radius 1 is 0.720 bits per heavy atom. The van der Waals surface area contributed by atoms with Gasteiger partial charge in [-0.15, -0.1) is 0 Å². The minimum absolute atomic E-state index is 0.0418. The van der Waals surface area contributed by atoms with Gasteiger partial charge in [0, 0.05) is 48.9 Å². The Balaban J connectivity index is 1.58. The molecule has 0 bridgehead atoms. The molecule has 0 aliphatic rings. The summed E-state index contributed by atoms with van der Waals surface area (Å²) in [7, 11) is 1.56. The van der Waals surface area contributed by atoms with E-state index in [4.69, 9.17) is 20.9 Å². The standard InChI is InChI=1S/C40H48N4O6/c1-4-17-43(18-5-2)39(47)32-22-31(38(42)46)23-33(24-32)40(48)44(25-30-14-10-15-34(20-30)49-3)26-37(45)36(41)21-29-13-9-16-35(19-29)50-27-28-11-7-6-8-12-28/h6-16,19-20,22-24,36-37,45H,4-5,17-18,21,25-27,41H2,1-3H3,(H2,42,46)/t36-,37+/m0/s1. The monoisotopic (exact) mass is 680 g/mol. The Bertz CT molecular complexity index is 1720. The molecule has 0 fully saturated rings. The number of hydrogen-bond acceptors (Lipinski definition) is 7. The van der Waals surface area contributed by atoms with Gasteiger partial charge in [-0.05, 0) is 78.4 Å². The van der Waals surface area contributed by atoms with Crippen molar-refractivity contribution < 1.29 is 29.0 Å². The maximum absolute atomic E-state index is 14.3. The van der Waals surface area contributed by atoms with E-state index < -0.39 is 24.0 Å². The molecule has 0 saturated heterocycles. The van der Waals surface area contributed by atoms with Crippen molar-refractivity contribution in [2.45, 2.75) is 58.4 Å². The van der Waals surface area contributed by atoms with Crippen molar-refractivity contribution in [1.82, 2.24) is 9.80 Å². The normalized spacial score (nSPS) is 12.1. The number of nitrogens with zero attached hydrogens (tertiary/aromatic N) is 2. The van der Waals surface area contributed by atoms with E-state index in [2.05, 4.69) is 0 Å². The van der Waals surface area contributed by atoms with E-state index in [1.54, 1.807) is 24.1 Å². The molecule has 0 heterocycles. The Labute approximate surface area is 294 Å². The largest absolute Gasteiger partial charge is 0.497 e. The van der Waals surface area contributed by atoms with E-state index in [0.29, 0.717) is 37.6 Å². The highest BCUT2D eigenvalue weighted by molar-refractivity contribution is 6.04. The average Bonchev–Trinajstić information content (AvgIpc) is 3.13. The zero-order valence-electron chi connectivity index (χ0n) is 29.1. The van der Waals surface area contributed by atoms with Crippen molar-refractivity contribution in [2.24, 2.45) is 11.5 Å². The van der Waals surface area contributed by atoms with Crippen LogP contribution in [0.4, 0.5) is 0 Å². The minimum atomic E-state index is -1.12. The number of amides is 3. The molecule has 50 heavy (non-hydrogen) atoms. The molecular weight excluding hydrogens is 632 g/mol. The van der Waals surface area contributed by atoms with E-state index in [1.807, 2.05) is 80.6 Å². The van der Waals surface area contributed by atoms with Gasteiger partial charge in [0.1, 0.15) is 18.1 Å². The van der Waals surface area contributed by atoms with E-state index in [0.717, 1.165) is 29.5 Å². The first kappa shape index (κ1) is 37.6. The second-order valence-electron chi connectivity index (χ2n) is 12.3. The van der Waals surface area contributed by atoms with Crippen LogP contribution in [0.1, 0.15) is 74.5 Å². The molecule has 10 nitrogen and oxygen atoms in total. The van der Waals surface area contributed by atoms with E-state index in [-0.39, 0.29) is 35.7 Å². The first-order valence-electron chi connectivity index (χ1n) is 17.0. The van der Waals surface area contributed by atoms with Crippen molar-refractivity contribution in [3.8, 4) is 11.5 Å².